The van der Waals surface area contributed by atoms with Crippen LogP contribution >= 0.6 is 0 Å². The summed E-state index contributed by atoms with van der Waals surface area (Å²) in [5, 5.41) is 14.0. The second kappa shape index (κ2) is 7.02. The third-order valence-electron chi connectivity index (χ3n) is 3.99. The normalized spacial score (nSPS) is 16.0. The van der Waals surface area contributed by atoms with Crippen LogP contribution in [0.25, 0.3) is 0 Å². The Morgan fingerprint density at radius 3 is 2.52 bits per heavy atom. The summed E-state index contributed by atoms with van der Waals surface area (Å²) in [6, 6.07) is 5.16. The number of rotatable bonds is 4. The smallest absolute Gasteiger partial charge is 0.296 e. The van der Waals surface area contributed by atoms with Crippen LogP contribution in [0.5, 0.6) is 0 Å². The van der Waals surface area contributed by atoms with E-state index in [0.29, 0.717) is 0 Å². The minimum atomic E-state index is -0.434. The topological polar surface area (TPSA) is 72.2 Å². The van der Waals surface area contributed by atoms with Gasteiger partial charge in [0.1, 0.15) is 5.69 Å². The second-order valence-electron chi connectivity index (χ2n) is 5.38. The molecule has 0 aliphatic heterocycles. The Labute approximate surface area is 124 Å². The highest BCUT2D eigenvalue weighted by atomic mass is 16.6. The molecule has 1 N–H and O–H groups in total. The van der Waals surface area contributed by atoms with Gasteiger partial charge in [0.2, 0.25) is 5.91 Å². The number of hydrogen-bond donors (Lipinski definition) is 1. The van der Waals surface area contributed by atoms with Crippen molar-refractivity contribution in [3.63, 3.8) is 0 Å². The van der Waals surface area contributed by atoms with E-state index in [9.17, 15) is 14.9 Å². The van der Waals surface area contributed by atoms with Crippen molar-refractivity contribution in [2.45, 2.75) is 44.4 Å². The number of nitrogens with zero attached hydrogens (tertiary/aromatic N) is 1. The van der Waals surface area contributed by atoms with Gasteiger partial charge in [0.25, 0.3) is 5.69 Å². The van der Waals surface area contributed by atoms with Crippen LogP contribution in [0.4, 0.5) is 11.4 Å². The van der Waals surface area contributed by atoms with Crippen LogP contribution in [0.2, 0.25) is 0 Å². The molecule has 0 saturated heterocycles. The lowest BCUT2D eigenvalue weighted by Gasteiger charge is -2.16. The highest BCUT2D eigenvalue weighted by Crippen LogP contribution is 2.39. The zero-order valence-corrected chi connectivity index (χ0v) is 12.0. The number of carbonyl (C=O) groups excluding carboxylic acids is 1. The molecular formula is C16H20N2O3. The molecule has 0 bridgehead atoms. The Morgan fingerprint density at radius 1 is 1.29 bits per heavy atom. The van der Waals surface area contributed by atoms with E-state index < -0.39 is 5.91 Å². The third-order valence-corrected chi connectivity index (χ3v) is 3.99. The van der Waals surface area contributed by atoms with Crippen molar-refractivity contribution in [2.24, 2.45) is 0 Å². The molecule has 1 amide bonds. The number of amides is 1. The molecule has 1 fully saturated rings. The van der Waals surface area contributed by atoms with Crippen LogP contribution in [0.15, 0.2) is 30.9 Å². The Bertz CT molecular complexity index is 546. The summed E-state index contributed by atoms with van der Waals surface area (Å²) >= 11 is 0. The van der Waals surface area contributed by atoms with Crippen LogP contribution in [-0.4, -0.2) is 10.8 Å². The molecule has 0 spiro atoms. The minimum absolute atomic E-state index is 0.0274. The van der Waals surface area contributed by atoms with Gasteiger partial charge < -0.3 is 5.32 Å². The summed E-state index contributed by atoms with van der Waals surface area (Å²) in [5.41, 5.74) is 1.02. The maximum absolute atomic E-state index is 11.5. The van der Waals surface area contributed by atoms with Gasteiger partial charge in [-0.3, -0.25) is 14.9 Å². The quantitative estimate of drug-likeness (QED) is 0.391. The monoisotopic (exact) mass is 288 g/mol. The fraction of sp³-hybridized carbons (Fsp3) is 0.438. The number of carbonyl (C=O) groups is 1. The van der Waals surface area contributed by atoms with E-state index in [1.54, 1.807) is 12.1 Å². The summed E-state index contributed by atoms with van der Waals surface area (Å²) in [6.45, 7) is 3.37. The molecule has 112 valence electrons. The average Bonchev–Trinajstić information content (AvgIpc) is 2.75. The van der Waals surface area contributed by atoms with Gasteiger partial charge in [0.15, 0.2) is 0 Å². The Balaban J connectivity index is 2.39. The van der Waals surface area contributed by atoms with E-state index in [1.807, 2.05) is 6.07 Å². The predicted molar refractivity (Wildman–Crippen MR) is 82.4 cm³/mol. The molecule has 1 aromatic carbocycles. The van der Waals surface area contributed by atoms with Crippen LogP contribution < -0.4 is 5.32 Å². The highest BCUT2D eigenvalue weighted by molar-refractivity contribution is 6.00. The largest absolute Gasteiger partial charge is 0.317 e. The first-order valence-corrected chi connectivity index (χ1v) is 7.34. The SMILES string of the molecule is C=CC(=O)Nc1cccc(C2CCCCCC2)c1[N+](=O)[O-]. The summed E-state index contributed by atoms with van der Waals surface area (Å²) in [5.74, 6) is -0.232. The Hall–Kier alpha value is -2.17. The van der Waals surface area contributed by atoms with Gasteiger partial charge in [-0.15, -0.1) is 0 Å². The van der Waals surface area contributed by atoms with E-state index in [0.717, 1.165) is 37.3 Å². The summed E-state index contributed by atoms with van der Waals surface area (Å²) in [4.78, 5) is 22.5. The number of hydrogen-bond acceptors (Lipinski definition) is 3. The van der Waals surface area contributed by atoms with E-state index in [-0.39, 0.29) is 22.2 Å². The summed E-state index contributed by atoms with van der Waals surface area (Å²) in [6.07, 6.45) is 7.64. The molecule has 21 heavy (non-hydrogen) atoms. The van der Waals surface area contributed by atoms with E-state index in [4.69, 9.17) is 0 Å². The van der Waals surface area contributed by atoms with Gasteiger partial charge in [-0.2, -0.15) is 0 Å². The van der Waals surface area contributed by atoms with Crippen molar-refractivity contribution in [3.8, 4) is 0 Å². The number of nitro benzene ring substituents is 1. The average molecular weight is 288 g/mol. The molecule has 1 saturated carbocycles. The van der Waals surface area contributed by atoms with Gasteiger partial charge in [0, 0.05) is 5.56 Å². The summed E-state index contributed by atoms with van der Waals surface area (Å²) in [7, 11) is 0. The van der Waals surface area contributed by atoms with Crippen molar-refractivity contribution in [1.29, 1.82) is 0 Å². The molecule has 2 rings (SSSR count). The second-order valence-corrected chi connectivity index (χ2v) is 5.38. The molecule has 0 radical (unpaired) electrons. The van der Waals surface area contributed by atoms with Crippen molar-refractivity contribution in [1.82, 2.24) is 0 Å². The van der Waals surface area contributed by atoms with Crippen molar-refractivity contribution < 1.29 is 9.72 Å². The molecule has 0 heterocycles. The Morgan fingerprint density at radius 2 is 1.95 bits per heavy atom. The standard InChI is InChI=1S/C16H20N2O3/c1-2-15(19)17-14-11-7-10-13(16(14)18(20)21)12-8-5-3-4-6-9-12/h2,7,10-12H,1,3-6,8-9H2,(H,17,19). The lowest BCUT2D eigenvalue weighted by atomic mass is 9.90. The van der Waals surface area contributed by atoms with Gasteiger partial charge in [-0.1, -0.05) is 44.4 Å². The molecule has 5 heteroatoms. The van der Waals surface area contributed by atoms with Crippen molar-refractivity contribution in [2.75, 3.05) is 5.32 Å². The van der Waals surface area contributed by atoms with Gasteiger partial charge in [-0.05, 0) is 30.9 Å². The fourth-order valence-corrected chi connectivity index (χ4v) is 2.97. The molecular weight excluding hydrogens is 268 g/mol. The predicted octanol–water partition coefficient (Wildman–Crippen LogP) is 4.16. The first-order chi connectivity index (χ1) is 10.1. The molecule has 1 aromatic rings. The molecule has 1 aliphatic rings. The molecule has 0 atom stereocenters. The van der Waals surface area contributed by atoms with E-state index in [2.05, 4.69) is 11.9 Å². The zero-order chi connectivity index (χ0) is 15.2. The molecule has 0 unspecified atom stereocenters. The van der Waals surface area contributed by atoms with Crippen LogP contribution in [0.1, 0.15) is 50.0 Å². The first kappa shape index (κ1) is 15.2. The van der Waals surface area contributed by atoms with Gasteiger partial charge in [0.05, 0.1) is 4.92 Å². The maximum atomic E-state index is 11.5. The van der Waals surface area contributed by atoms with Gasteiger partial charge in [-0.25, -0.2) is 0 Å². The number of nitrogens with one attached hydrogen (secondary N) is 1. The number of nitro groups is 1. The zero-order valence-electron chi connectivity index (χ0n) is 12.0. The van der Waals surface area contributed by atoms with Crippen LogP contribution in [-0.2, 0) is 4.79 Å². The lowest BCUT2D eigenvalue weighted by molar-refractivity contribution is -0.384. The van der Waals surface area contributed by atoms with E-state index >= 15 is 0 Å². The van der Waals surface area contributed by atoms with Crippen molar-refractivity contribution >= 4 is 17.3 Å². The number of para-hydroxylation sites is 1. The van der Waals surface area contributed by atoms with Gasteiger partial charge >= 0.3 is 0 Å². The van der Waals surface area contributed by atoms with E-state index in [1.165, 1.54) is 12.8 Å². The minimum Gasteiger partial charge on any atom is -0.317 e. The molecule has 5 nitrogen and oxygen atoms in total. The van der Waals surface area contributed by atoms with Crippen LogP contribution in [0.3, 0.4) is 0 Å². The number of benzene rings is 1. The number of anilines is 1. The van der Waals surface area contributed by atoms with Crippen LogP contribution in [0, 0.1) is 10.1 Å². The maximum Gasteiger partial charge on any atom is 0.296 e. The highest BCUT2D eigenvalue weighted by Gasteiger charge is 2.26. The van der Waals surface area contributed by atoms with Crippen molar-refractivity contribution in [3.05, 3.63) is 46.5 Å². The third kappa shape index (κ3) is 3.68. The lowest BCUT2D eigenvalue weighted by Crippen LogP contribution is -2.11. The molecule has 0 aromatic heterocycles. The molecule has 1 aliphatic carbocycles. The first-order valence-electron chi connectivity index (χ1n) is 7.34. The Kier molecular flexibility index (Phi) is 5.09. The fourth-order valence-electron chi connectivity index (χ4n) is 2.97. The summed E-state index contributed by atoms with van der Waals surface area (Å²) < 4.78 is 0.